The Labute approximate surface area is 511 Å². The minimum atomic E-state index is -3.92. The zero-order chi connectivity index (χ0) is 53.0. The summed E-state index contributed by atoms with van der Waals surface area (Å²) in [6.07, 6.45) is 56.3. The number of hydrogen-bond acceptors (Lipinski definition) is 9. The van der Waals surface area contributed by atoms with E-state index in [4.69, 9.17) is 30.3 Å². The van der Waals surface area contributed by atoms with Gasteiger partial charge in [-0.3, -0.25) is 0 Å². The number of benzene rings is 2. The van der Waals surface area contributed by atoms with Crippen LogP contribution >= 0.6 is 0 Å². The molecular formula is C62H114N2Na2O7S2. The first-order valence-electron chi connectivity index (χ1n) is 30.0. The zero-order valence-corrected chi connectivity index (χ0v) is 55.9. The third-order valence-electron chi connectivity index (χ3n) is 13.8. The molecule has 0 saturated carbocycles. The molecule has 0 bridgehead atoms. The third kappa shape index (κ3) is 59.3. The van der Waals surface area contributed by atoms with Crippen LogP contribution in [0.1, 0.15) is 285 Å². The second-order valence-electron chi connectivity index (χ2n) is 20.7. The molecule has 0 spiro atoms. The van der Waals surface area contributed by atoms with E-state index in [1.165, 1.54) is 294 Å². The molecule has 0 aliphatic carbocycles. The normalized spacial score (nSPS) is 10.7. The summed E-state index contributed by atoms with van der Waals surface area (Å²) >= 11 is 0. The molecule has 0 atom stereocenters. The first kappa shape index (κ1) is 80.8. The summed E-state index contributed by atoms with van der Waals surface area (Å²) in [4.78, 5) is 5.35. The van der Waals surface area contributed by atoms with Gasteiger partial charge in [0.15, 0.2) is 0 Å². The van der Waals surface area contributed by atoms with Gasteiger partial charge in [-0.2, -0.15) is 0 Å². The van der Waals surface area contributed by atoms with Crippen LogP contribution in [0.25, 0.3) is 0 Å². The SMILES string of the molecule is CCCCCCCCCCCCN(CCCCCCCCCCCC)c1ccc(Oc2ccc(N(CCCCCCCCCCCC)CCCCCCCCCCCC)cc2)cc1.CS(=O)(=O)[O-].O=S(=O)=O.[CH3-].[Na+].[Na+]. The number of anilines is 2. The Bertz CT molecular complexity index is 1520. The van der Waals surface area contributed by atoms with Crippen LogP contribution in [-0.2, 0) is 20.7 Å². The maximum atomic E-state index is 9.08. The van der Waals surface area contributed by atoms with E-state index in [9.17, 15) is 0 Å². The molecule has 2 aromatic carbocycles. The Balaban J connectivity index is -0.00000193. The van der Waals surface area contributed by atoms with Crippen molar-refractivity contribution < 1.29 is 89.4 Å². The number of unbranched alkanes of at least 4 members (excludes halogenated alkanes) is 36. The van der Waals surface area contributed by atoms with Crippen molar-refractivity contribution in [2.75, 3.05) is 42.2 Å². The van der Waals surface area contributed by atoms with Gasteiger partial charge in [-0.05, 0) is 74.2 Å². The fourth-order valence-electron chi connectivity index (χ4n) is 9.49. The van der Waals surface area contributed by atoms with Crippen LogP contribution in [0.2, 0.25) is 0 Å². The number of rotatable bonds is 48. The first-order valence-corrected chi connectivity index (χ1v) is 32.8. The Morgan fingerprint density at radius 3 is 0.667 bits per heavy atom. The predicted molar refractivity (Wildman–Crippen MR) is 316 cm³/mol. The van der Waals surface area contributed by atoms with E-state index in [2.05, 4.69) is 86.0 Å². The van der Waals surface area contributed by atoms with Gasteiger partial charge >= 0.3 is 69.7 Å². The summed E-state index contributed by atoms with van der Waals surface area (Å²) in [7, 11) is -7.03. The van der Waals surface area contributed by atoms with Crippen molar-refractivity contribution >= 4 is 32.1 Å². The summed E-state index contributed by atoms with van der Waals surface area (Å²) in [5.41, 5.74) is 2.72. The number of nitrogens with zero attached hydrogens (tertiary/aromatic N) is 2. The Hall–Kier alpha value is -0.630. The number of hydrogen-bond donors (Lipinski definition) is 0. The van der Waals surface area contributed by atoms with Crippen molar-refractivity contribution in [3.05, 3.63) is 56.0 Å². The van der Waals surface area contributed by atoms with Gasteiger partial charge in [0.25, 0.3) is 0 Å². The van der Waals surface area contributed by atoms with E-state index in [0.717, 1.165) is 11.5 Å². The average Bonchev–Trinajstić information content (AvgIpc) is 3.35. The van der Waals surface area contributed by atoms with Gasteiger partial charge < -0.3 is 26.5 Å². The Morgan fingerprint density at radius 2 is 0.507 bits per heavy atom. The molecule has 0 saturated heterocycles. The summed E-state index contributed by atoms with van der Waals surface area (Å²) in [5.74, 6) is 1.88. The molecule has 13 heteroatoms. The topological polar surface area (TPSA) is 124 Å². The van der Waals surface area contributed by atoms with Crippen molar-refractivity contribution in [2.45, 2.75) is 285 Å². The van der Waals surface area contributed by atoms with Crippen LogP contribution in [-0.4, -0.2) is 58.0 Å². The fourth-order valence-corrected chi connectivity index (χ4v) is 9.49. The van der Waals surface area contributed by atoms with Crippen molar-refractivity contribution in [3.8, 4) is 11.5 Å². The zero-order valence-electron chi connectivity index (χ0n) is 50.3. The summed E-state index contributed by atoms with van der Waals surface area (Å²) in [5, 5.41) is 0. The molecule has 428 valence electrons. The quantitative estimate of drug-likeness (QED) is 0.0276. The second-order valence-corrected chi connectivity index (χ2v) is 22.5. The predicted octanol–water partition coefficient (Wildman–Crippen LogP) is 13.4. The molecule has 2 aromatic rings. The molecule has 0 amide bonds. The largest absolute Gasteiger partial charge is 1.00 e. The van der Waals surface area contributed by atoms with Gasteiger partial charge in [-0.1, -0.05) is 259 Å². The third-order valence-corrected chi connectivity index (χ3v) is 13.8. The maximum Gasteiger partial charge on any atom is 1.00 e. The van der Waals surface area contributed by atoms with Crippen molar-refractivity contribution in [1.29, 1.82) is 0 Å². The standard InChI is InChI=1S/C60H108N2O.CH4O3S.CH3.2Na.O3S/c1-5-9-13-17-21-25-29-33-37-41-53-61(54-42-38-34-30-26-22-18-14-10-6-2)57-45-49-59(50-46-57)63-60-51-47-58(48-52-60)62(55-43-39-35-31-27-23-19-15-11-7-3)56-44-40-36-32-28-24-20-16-12-8-4;1-5(2,3)4;;;;1-4(2)3/h45-52H,5-44,53-56H2,1-4H3;1H3,(H,2,3,4);1H3;;;/q;;-1;2*+1;/p-1. The summed E-state index contributed by atoms with van der Waals surface area (Å²) in [6, 6.07) is 18.1. The van der Waals surface area contributed by atoms with Gasteiger partial charge in [0.2, 0.25) is 0 Å². The van der Waals surface area contributed by atoms with Crippen LogP contribution < -0.4 is 73.7 Å². The molecule has 0 aliphatic heterocycles. The van der Waals surface area contributed by atoms with Crippen LogP contribution in [0, 0.1) is 7.43 Å². The molecule has 0 fully saturated rings. The van der Waals surface area contributed by atoms with Crippen molar-refractivity contribution in [2.24, 2.45) is 0 Å². The van der Waals surface area contributed by atoms with Crippen LogP contribution in [0.5, 0.6) is 11.5 Å². The van der Waals surface area contributed by atoms with E-state index >= 15 is 0 Å². The second kappa shape index (κ2) is 61.0. The fraction of sp³-hybridized carbons (Fsp3) is 0.790. The van der Waals surface area contributed by atoms with E-state index in [1.807, 2.05) is 0 Å². The molecule has 9 nitrogen and oxygen atoms in total. The first-order chi connectivity index (χ1) is 34.9. The molecule has 2 rings (SSSR count). The van der Waals surface area contributed by atoms with Gasteiger partial charge in [-0.25, -0.2) is 8.42 Å². The Morgan fingerprint density at radius 1 is 0.360 bits per heavy atom. The molecule has 0 aromatic heterocycles. The van der Waals surface area contributed by atoms with E-state index in [1.54, 1.807) is 0 Å². The van der Waals surface area contributed by atoms with E-state index in [0.29, 0.717) is 6.26 Å². The van der Waals surface area contributed by atoms with Crippen LogP contribution in [0.3, 0.4) is 0 Å². The minimum absolute atomic E-state index is 0. The maximum absolute atomic E-state index is 9.08. The van der Waals surface area contributed by atoms with E-state index in [-0.39, 0.29) is 66.5 Å². The molecule has 0 aliphatic rings. The van der Waals surface area contributed by atoms with Crippen molar-refractivity contribution in [1.82, 2.24) is 0 Å². The Kier molecular flexibility index (Phi) is 65.8. The van der Waals surface area contributed by atoms with Gasteiger partial charge in [0, 0.05) is 43.8 Å². The average molecular weight is 1110 g/mol. The smallest absolute Gasteiger partial charge is 0.748 e. The van der Waals surface area contributed by atoms with Crippen LogP contribution in [0.15, 0.2) is 48.5 Å². The van der Waals surface area contributed by atoms with Gasteiger partial charge in [-0.15, -0.1) is 12.6 Å². The van der Waals surface area contributed by atoms with Crippen LogP contribution in [0.4, 0.5) is 11.4 Å². The summed E-state index contributed by atoms with van der Waals surface area (Å²) < 4.78 is 59.0. The molecule has 0 radical (unpaired) electrons. The molecular weight excluding hydrogens is 995 g/mol. The van der Waals surface area contributed by atoms with Crippen molar-refractivity contribution in [3.63, 3.8) is 0 Å². The summed E-state index contributed by atoms with van der Waals surface area (Å²) in [6.45, 7) is 13.9. The number of ether oxygens (including phenoxy) is 1. The molecule has 0 N–H and O–H groups in total. The van der Waals surface area contributed by atoms with Gasteiger partial charge in [0.1, 0.15) is 11.5 Å². The molecule has 0 heterocycles. The van der Waals surface area contributed by atoms with Gasteiger partial charge in [0.05, 0.1) is 10.1 Å². The van der Waals surface area contributed by atoms with E-state index < -0.39 is 20.7 Å². The molecule has 0 unspecified atom stereocenters. The molecule has 75 heavy (non-hydrogen) atoms. The minimum Gasteiger partial charge on any atom is -0.748 e. The monoisotopic (exact) mass is 1110 g/mol.